The van der Waals surface area contributed by atoms with Crippen molar-refractivity contribution in [2.24, 2.45) is 5.14 Å². The number of benzene rings is 1. The number of nitrogens with one attached hydrogen (secondary N) is 1. The molecule has 1 aromatic carbocycles. The number of hydrogen-bond acceptors (Lipinski definition) is 5. The molecule has 0 amide bonds. The highest BCUT2D eigenvalue weighted by atomic mass is 32.2. The summed E-state index contributed by atoms with van der Waals surface area (Å²) >= 11 is 0. The molecular formula is C12H21N3O4S2. The maximum absolute atomic E-state index is 11.4. The van der Waals surface area contributed by atoms with Gasteiger partial charge in [-0.15, -0.1) is 0 Å². The van der Waals surface area contributed by atoms with Crippen LogP contribution in [0.5, 0.6) is 0 Å². The lowest BCUT2D eigenvalue weighted by atomic mass is 10.3. The van der Waals surface area contributed by atoms with Crippen LogP contribution in [0.15, 0.2) is 29.2 Å². The number of sulfonamides is 2. The van der Waals surface area contributed by atoms with Crippen LogP contribution >= 0.6 is 0 Å². The van der Waals surface area contributed by atoms with Gasteiger partial charge in [0.05, 0.1) is 11.2 Å². The van der Waals surface area contributed by atoms with Crippen LogP contribution in [0.2, 0.25) is 0 Å². The highest BCUT2D eigenvalue weighted by molar-refractivity contribution is 7.89. The molecule has 0 saturated carbocycles. The second-order valence-corrected chi connectivity index (χ2v) is 8.15. The highest BCUT2D eigenvalue weighted by Crippen LogP contribution is 2.12. The van der Waals surface area contributed by atoms with E-state index in [1.165, 1.54) is 22.7 Å². The number of hydrogen-bond donors (Lipinski definition) is 2. The van der Waals surface area contributed by atoms with E-state index >= 15 is 0 Å². The molecular weight excluding hydrogens is 314 g/mol. The SMILES string of the molecule is CCN(CCCNc1ccc(S(N)(=O)=O)cc1)S(C)(=O)=O. The van der Waals surface area contributed by atoms with Gasteiger partial charge in [-0.1, -0.05) is 6.92 Å². The predicted molar refractivity (Wildman–Crippen MR) is 83.0 cm³/mol. The Kier molecular flexibility index (Phi) is 6.14. The molecule has 1 aromatic rings. The summed E-state index contributed by atoms with van der Waals surface area (Å²) in [6.07, 6.45) is 1.84. The summed E-state index contributed by atoms with van der Waals surface area (Å²) in [4.78, 5) is 0.0577. The first-order chi connectivity index (χ1) is 9.64. The maximum Gasteiger partial charge on any atom is 0.238 e. The van der Waals surface area contributed by atoms with E-state index in [0.717, 1.165) is 5.69 Å². The summed E-state index contributed by atoms with van der Waals surface area (Å²) in [5.74, 6) is 0. The van der Waals surface area contributed by atoms with Crippen molar-refractivity contribution in [3.05, 3.63) is 24.3 Å². The third-order valence-electron chi connectivity index (χ3n) is 2.92. The minimum atomic E-state index is -3.68. The average molecular weight is 335 g/mol. The molecule has 9 heteroatoms. The van der Waals surface area contributed by atoms with Crippen molar-refractivity contribution in [2.75, 3.05) is 31.2 Å². The number of anilines is 1. The first-order valence-electron chi connectivity index (χ1n) is 6.46. The fourth-order valence-electron chi connectivity index (χ4n) is 1.81. The van der Waals surface area contributed by atoms with Crippen LogP contribution in [0.4, 0.5) is 5.69 Å². The van der Waals surface area contributed by atoms with Gasteiger partial charge in [-0.2, -0.15) is 0 Å². The van der Waals surface area contributed by atoms with Crippen molar-refractivity contribution >= 4 is 25.7 Å². The zero-order valence-electron chi connectivity index (χ0n) is 12.1. The number of nitrogens with two attached hydrogens (primary N) is 1. The lowest BCUT2D eigenvalue weighted by molar-refractivity contribution is 0.429. The monoisotopic (exact) mass is 335 g/mol. The first-order valence-corrected chi connectivity index (χ1v) is 9.86. The van der Waals surface area contributed by atoms with Crippen molar-refractivity contribution in [3.8, 4) is 0 Å². The van der Waals surface area contributed by atoms with Gasteiger partial charge in [0.25, 0.3) is 0 Å². The van der Waals surface area contributed by atoms with Crippen molar-refractivity contribution in [1.29, 1.82) is 0 Å². The quantitative estimate of drug-likeness (QED) is 0.669. The summed E-state index contributed by atoms with van der Waals surface area (Å²) < 4.78 is 46.4. The van der Waals surface area contributed by atoms with Gasteiger partial charge in [0.1, 0.15) is 0 Å². The van der Waals surface area contributed by atoms with Crippen LogP contribution in [0.3, 0.4) is 0 Å². The molecule has 0 fully saturated rings. The molecule has 120 valence electrons. The lowest BCUT2D eigenvalue weighted by Crippen LogP contribution is -2.31. The van der Waals surface area contributed by atoms with Crippen molar-refractivity contribution in [2.45, 2.75) is 18.2 Å². The van der Waals surface area contributed by atoms with E-state index in [1.54, 1.807) is 19.1 Å². The van der Waals surface area contributed by atoms with Gasteiger partial charge in [0.2, 0.25) is 20.0 Å². The standard InChI is InChI=1S/C12H21N3O4S2/c1-3-15(20(2,16)17)10-4-9-14-11-5-7-12(8-6-11)21(13,18)19/h5-8,14H,3-4,9-10H2,1-2H3,(H2,13,18,19). The van der Waals surface area contributed by atoms with E-state index < -0.39 is 20.0 Å². The number of primary sulfonamides is 1. The molecule has 3 N–H and O–H groups in total. The molecule has 0 aliphatic heterocycles. The van der Waals surface area contributed by atoms with E-state index in [4.69, 9.17) is 5.14 Å². The summed E-state index contributed by atoms with van der Waals surface area (Å²) in [6.45, 7) is 3.26. The van der Waals surface area contributed by atoms with Crippen LogP contribution < -0.4 is 10.5 Å². The summed E-state index contributed by atoms with van der Waals surface area (Å²) in [7, 11) is -6.83. The molecule has 0 heterocycles. The van der Waals surface area contributed by atoms with Crippen LogP contribution in [0.1, 0.15) is 13.3 Å². The maximum atomic E-state index is 11.4. The Bertz CT molecular complexity index is 654. The molecule has 0 atom stereocenters. The van der Waals surface area contributed by atoms with Crippen LogP contribution in [-0.2, 0) is 20.0 Å². The Morgan fingerprint density at radius 3 is 2.14 bits per heavy atom. The predicted octanol–water partition coefficient (Wildman–Crippen LogP) is 0.418. The Hall–Kier alpha value is -1.16. The molecule has 0 aliphatic rings. The van der Waals surface area contributed by atoms with Gasteiger partial charge in [-0.3, -0.25) is 0 Å². The second-order valence-electron chi connectivity index (χ2n) is 4.60. The van der Waals surface area contributed by atoms with Crippen LogP contribution in [0.25, 0.3) is 0 Å². The second kappa shape index (κ2) is 7.21. The topological polar surface area (TPSA) is 110 Å². The van der Waals surface area contributed by atoms with Gasteiger partial charge in [-0.05, 0) is 30.7 Å². The Labute approximate surface area is 126 Å². The van der Waals surface area contributed by atoms with E-state index in [0.29, 0.717) is 26.1 Å². The van der Waals surface area contributed by atoms with Crippen molar-refractivity contribution in [1.82, 2.24) is 4.31 Å². The molecule has 0 bridgehead atoms. The molecule has 7 nitrogen and oxygen atoms in total. The Morgan fingerprint density at radius 2 is 1.71 bits per heavy atom. The van der Waals surface area contributed by atoms with E-state index in [-0.39, 0.29) is 4.90 Å². The third-order valence-corrected chi connectivity index (χ3v) is 5.23. The van der Waals surface area contributed by atoms with Gasteiger partial charge >= 0.3 is 0 Å². The minimum absolute atomic E-state index is 0.0577. The number of nitrogens with zero attached hydrogens (tertiary/aromatic N) is 1. The molecule has 0 unspecified atom stereocenters. The van der Waals surface area contributed by atoms with Gasteiger partial charge in [0.15, 0.2) is 0 Å². The van der Waals surface area contributed by atoms with Crippen molar-refractivity contribution in [3.63, 3.8) is 0 Å². The summed E-state index contributed by atoms with van der Waals surface area (Å²) in [5.41, 5.74) is 0.754. The van der Waals surface area contributed by atoms with E-state index in [2.05, 4.69) is 5.32 Å². The summed E-state index contributed by atoms with van der Waals surface area (Å²) in [5, 5.41) is 8.10. The molecule has 21 heavy (non-hydrogen) atoms. The molecule has 0 aliphatic carbocycles. The van der Waals surface area contributed by atoms with Gasteiger partial charge in [0, 0.05) is 25.3 Å². The molecule has 0 radical (unpaired) electrons. The van der Waals surface area contributed by atoms with Gasteiger partial charge in [-0.25, -0.2) is 26.3 Å². The molecule has 0 aromatic heterocycles. The average Bonchev–Trinajstić information content (AvgIpc) is 2.36. The summed E-state index contributed by atoms with van der Waals surface area (Å²) in [6, 6.07) is 6.08. The van der Waals surface area contributed by atoms with E-state index in [1.807, 2.05) is 0 Å². The minimum Gasteiger partial charge on any atom is -0.385 e. The molecule has 0 spiro atoms. The fourth-order valence-corrected chi connectivity index (χ4v) is 3.25. The van der Waals surface area contributed by atoms with E-state index in [9.17, 15) is 16.8 Å². The van der Waals surface area contributed by atoms with Gasteiger partial charge < -0.3 is 5.32 Å². The van der Waals surface area contributed by atoms with Crippen LogP contribution in [-0.4, -0.2) is 47.0 Å². The Morgan fingerprint density at radius 1 is 1.14 bits per heavy atom. The lowest BCUT2D eigenvalue weighted by Gasteiger charge is -2.17. The smallest absolute Gasteiger partial charge is 0.238 e. The zero-order valence-corrected chi connectivity index (χ0v) is 13.7. The van der Waals surface area contributed by atoms with Crippen LogP contribution in [0, 0.1) is 0 Å². The number of rotatable bonds is 8. The zero-order chi connectivity index (χ0) is 16.1. The first kappa shape index (κ1) is 17.9. The fraction of sp³-hybridized carbons (Fsp3) is 0.500. The highest BCUT2D eigenvalue weighted by Gasteiger charge is 2.13. The largest absolute Gasteiger partial charge is 0.385 e. The molecule has 0 saturated heterocycles. The Balaban J connectivity index is 2.47. The van der Waals surface area contributed by atoms with Crippen molar-refractivity contribution < 1.29 is 16.8 Å². The molecule has 1 rings (SSSR count). The normalized spacial score (nSPS) is 12.6. The third kappa shape index (κ3) is 6.00.